The Morgan fingerprint density at radius 1 is 1.29 bits per heavy atom. The van der Waals surface area contributed by atoms with Crippen molar-refractivity contribution in [2.75, 3.05) is 19.6 Å². The Labute approximate surface area is 117 Å². The molecule has 1 aliphatic rings. The summed E-state index contributed by atoms with van der Waals surface area (Å²) < 4.78 is 26.3. The van der Waals surface area contributed by atoms with Crippen LogP contribution >= 0.6 is 0 Å². The third-order valence-electron chi connectivity index (χ3n) is 3.07. The smallest absolute Gasteiger partial charge is 0.285 e. The van der Waals surface area contributed by atoms with Crippen molar-refractivity contribution in [1.82, 2.24) is 10.2 Å². The number of carbonyl (C=O) groups is 2. The van der Waals surface area contributed by atoms with Crippen LogP contribution in [0, 0.1) is 21.7 Å². The molecule has 0 spiro atoms. The Balaban J connectivity index is 2.36. The highest BCUT2D eigenvalue weighted by Gasteiger charge is 2.28. The van der Waals surface area contributed by atoms with Gasteiger partial charge in [0.1, 0.15) is 5.56 Å². The van der Waals surface area contributed by atoms with E-state index in [-0.39, 0.29) is 32.0 Å². The number of hydrogen-bond acceptors (Lipinski definition) is 4. The standard InChI is InChI=1S/C12H11F2N3O4/c13-8-5-7(10(17(20)21)6-9(8)14)12(19)16-3-1-11(18)15-2-4-16/h5-6H,1-4H2,(H,15,18). The van der Waals surface area contributed by atoms with Crippen molar-refractivity contribution in [3.63, 3.8) is 0 Å². The fourth-order valence-electron chi connectivity index (χ4n) is 2.00. The second-order valence-corrected chi connectivity index (χ2v) is 4.43. The molecule has 21 heavy (non-hydrogen) atoms. The molecule has 1 aromatic carbocycles. The van der Waals surface area contributed by atoms with E-state index in [1.165, 1.54) is 4.90 Å². The molecule has 1 N–H and O–H groups in total. The third kappa shape index (κ3) is 3.12. The van der Waals surface area contributed by atoms with Gasteiger partial charge in [-0.1, -0.05) is 0 Å². The third-order valence-corrected chi connectivity index (χ3v) is 3.07. The Morgan fingerprint density at radius 3 is 2.62 bits per heavy atom. The van der Waals surface area contributed by atoms with Crippen LogP contribution in [0.25, 0.3) is 0 Å². The van der Waals surface area contributed by atoms with Crippen molar-refractivity contribution in [3.05, 3.63) is 39.4 Å². The van der Waals surface area contributed by atoms with Gasteiger partial charge < -0.3 is 10.2 Å². The first-order valence-corrected chi connectivity index (χ1v) is 6.09. The molecule has 0 aliphatic carbocycles. The zero-order valence-electron chi connectivity index (χ0n) is 10.8. The summed E-state index contributed by atoms with van der Waals surface area (Å²) in [4.78, 5) is 34.6. The number of rotatable bonds is 2. The van der Waals surface area contributed by atoms with Crippen LogP contribution in [0.15, 0.2) is 12.1 Å². The van der Waals surface area contributed by atoms with Gasteiger partial charge in [0.2, 0.25) is 5.91 Å². The van der Waals surface area contributed by atoms with E-state index in [9.17, 15) is 28.5 Å². The predicted octanol–water partition coefficient (Wildman–Crippen LogP) is 0.835. The Hall–Kier alpha value is -2.58. The molecule has 0 aromatic heterocycles. The normalized spacial score (nSPS) is 15.3. The number of nitro groups is 1. The monoisotopic (exact) mass is 299 g/mol. The highest BCUT2D eigenvalue weighted by molar-refractivity contribution is 5.98. The molecule has 0 saturated carbocycles. The zero-order valence-corrected chi connectivity index (χ0v) is 10.8. The number of nitro benzene ring substituents is 1. The number of nitrogens with zero attached hydrogens (tertiary/aromatic N) is 2. The molecular weight excluding hydrogens is 288 g/mol. The largest absolute Gasteiger partial charge is 0.354 e. The second kappa shape index (κ2) is 5.81. The molecular formula is C12H11F2N3O4. The molecule has 1 fully saturated rings. The van der Waals surface area contributed by atoms with E-state index in [1.807, 2.05) is 0 Å². The molecule has 1 aliphatic heterocycles. The summed E-state index contributed by atoms with van der Waals surface area (Å²) >= 11 is 0. The van der Waals surface area contributed by atoms with E-state index in [1.54, 1.807) is 0 Å². The molecule has 1 aromatic rings. The molecule has 112 valence electrons. The maximum Gasteiger partial charge on any atom is 0.285 e. The van der Waals surface area contributed by atoms with Crippen LogP contribution in [-0.2, 0) is 4.79 Å². The zero-order chi connectivity index (χ0) is 15.6. The van der Waals surface area contributed by atoms with E-state index in [0.29, 0.717) is 12.1 Å². The molecule has 0 radical (unpaired) electrons. The number of nitrogens with one attached hydrogen (secondary N) is 1. The summed E-state index contributed by atoms with van der Waals surface area (Å²) in [7, 11) is 0. The minimum absolute atomic E-state index is 0.0449. The molecule has 0 atom stereocenters. The van der Waals surface area contributed by atoms with E-state index in [4.69, 9.17) is 0 Å². The summed E-state index contributed by atoms with van der Waals surface area (Å²) in [5.41, 5.74) is -1.34. The second-order valence-electron chi connectivity index (χ2n) is 4.43. The van der Waals surface area contributed by atoms with Crippen molar-refractivity contribution in [2.24, 2.45) is 0 Å². The molecule has 0 bridgehead atoms. The maximum atomic E-state index is 13.3. The predicted molar refractivity (Wildman–Crippen MR) is 66.5 cm³/mol. The minimum Gasteiger partial charge on any atom is -0.354 e. The fraction of sp³-hybridized carbons (Fsp3) is 0.333. The lowest BCUT2D eigenvalue weighted by Gasteiger charge is -2.19. The van der Waals surface area contributed by atoms with Gasteiger partial charge in [0.05, 0.1) is 11.0 Å². The fourth-order valence-corrected chi connectivity index (χ4v) is 2.00. The van der Waals surface area contributed by atoms with Gasteiger partial charge in [-0.3, -0.25) is 19.7 Å². The molecule has 0 unspecified atom stereocenters. The van der Waals surface area contributed by atoms with Crippen LogP contribution in [0.4, 0.5) is 14.5 Å². The van der Waals surface area contributed by atoms with Crippen LogP contribution in [0.3, 0.4) is 0 Å². The van der Waals surface area contributed by atoms with Crippen molar-refractivity contribution in [3.8, 4) is 0 Å². The summed E-state index contributed by atoms with van der Waals surface area (Å²) in [6, 6.07) is 0.889. The number of amides is 2. The number of hydrogen-bond donors (Lipinski definition) is 1. The van der Waals surface area contributed by atoms with Gasteiger partial charge in [0.25, 0.3) is 11.6 Å². The van der Waals surface area contributed by atoms with Gasteiger partial charge in [0.15, 0.2) is 11.6 Å². The molecule has 7 nitrogen and oxygen atoms in total. The van der Waals surface area contributed by atoms with Gasteiger partial charge in [-0.2, -0.15) is 0 Å². The summed E-state index contributed by atoms with van der Waals surface area (Å²) in [6.07, 6.45) is 0.0449. The number of benzene rings is 1. The Bertz CT molecular complexity index is 621. The highest BCUT2D eigenvalue weighted by atomic mass is 19.2. The van der Waals surface area contributed by atoms with Gasteiger partial charge >= 0.3 is 0 Å². The SMILES string of the molecule is O=C1CCN(C(=O)c2cc(F)c(F)cc2[N+](=O)[O-])CCN1. The number of halogens is 2. The summed E-state index contributed by atoms with van der Waals surface area (Å²) in [5.74, 6) is -3.79. The van der Waals surface area contributed by atoms with Crippen LogP contribution in [0.5, 0.6) is 0 Å². The van der Waals surface area contributed by atoms with E-state index >= 15 is 0 Å². The topological polar surface area (TPSA) is 92.5 Å². The molecule has 1 saturated heterocycles. The average Bonchev–Trinajstić information content (AvgIpc) is 2.65. The van der Waals surface area contributed by atoms with Crippen LogP contribution in [0.1, 0.15) is 16.8 Å². The van der Waals surface area contributed by atoms with Crippen LogP contribution in [0.2, 0.25) is 0 Å². The van der Waals surface area contributed by atoms with Crippen molar-refractivity contribution >= 4 is 17.5 Å². The minimum atomic E-state index is -1.40. The molecule has 9 heteroatoms. The van der Waals surface area contributed by atoms with Crippen molar-refractivity contribution in [1.29, 1.82) is 0 Å². The van der Waals surface area contributed by atoms with Gasteiger partial charge in [-0.25, -0.2) is 8.78 Å². The van der Waals surface area contributed by atoms with Crippen LogP contribution in [-0.4, -0.2) is 41.3 Å². The van der Waals surface area contributed by atoms with E-state index < -0.39 is 33.7 Å². The average molecular weight is 299 g/mol. The van der Waals surface area contributed by atoms with E-state index in [2.05, 4.69) is 5.32 Å². The molecule has 1 heterocycles. The van der Waals surface area contributed by atoms with E-state index in [0.717, 1.165) is 0 Å². The Kier molecular flexibility index (Phi) is 4.10. The molecule has 2 amide bonds. The van der Waals surface area contributed by atoms with Gasteiger partial charge in [0, 0.05) is 26.1 Å². The summed E-state index contributed by atoms with van der Waals surface area (Å²) in [5, 5.41) is 13.4. The first kappa shape index (κ1) is 14.8. The van der Waals surface area contributed by atoms with Gasteiger partial charge in [-0.05, 0) is 6.07 Å². The van der Waals surface area contributed by atoms with Gasteiger partial charge in [-0.15, -0.1) is 0 Å². The quantitative estimate of drug-likeness (QED) is 0.647. The maximum absolute atomic E-state index is 13.3. The first-order valence-electron chi connectivity index (χ1n) is 6.09. The Morgan fingerprint density at radius 2 is 1.95 bits per heavy atom. The first-order chi connectivity index (χ1) is 9.90. The lowest BCUT2D eigenvalue weighted by molar-refractivity contribution is -0.385. The lowest BCUT2D eigenvalue weighted by Crippen LogP contribution is -2.34. The highest BCUT2D eigenvalue weighted by Crippen LogP contribution is 2.24. The lowest BCUT2D eigenvalue weighted by atomic mass is 10.1. The molecule has 2 rings (SSSR count). The van der Waals surface area contributed by atoms with Crippen LogP contribution < -0.4 is 5.32 Å². The van der Waals surface area contributed by atoms with Crippen molar-refractivity contribution in [2.45, 2.75) is 6.42 Å². The number of carbonyl (C=O) groups excluding carboxylic acids is 2. The summed E-state index contributed by atoms with van der Waals surface area (Å²) in [6.45, 7) is 0.392. The van der Waals surface area contributed by atoms with Crippen molar-refractivity contribution < 1.29 is 23.3 Å².